The minimum absolute atomic E-state index is 0.134. The van der Waals surface area contributed by atoms with Gasteiger partial charge < -0.3 is 35.2 Å². The Labute approximate surface area is 243 Å². The van der Waals surface area contributed by atoms with Gasteiger partial charge in [0.15, 0.2) is 6.23 Å². The number of amides is 1. The number of rotatable bonds is 8. The van der Waals surface area contributed by atoms with Crippen molar-refractivity contribution >= 4 is 17.6 Å². The van der Waals surface area contributed by atoms with Gasteiger partial charge in [0.1, 0.15) is 36.4 Å². The van der Waals surface area contributed by atoms with Gasteiger partial charge in [0.2, 0.25) is 0 Å². The number of hydrogen-bond donors (Lipinski definition) is 5. The molecular weight excluding hydrogens is 546 g/mol. The fourth-order valence-electron chi connectivity index (χ4n) is 4.69. The largest absolute Gasteiger partial charge is 0.492 e. The number of carbonyl (C=O) groups excluding carboxylic acids is 1. The monoisotopic (exact) mass is 583 g/mol. The standard InChI is InChI=1S/C27H33N5O6.C2H4O2/c33-23-17-38-27(25(35)24(23)34)32-16-22(29-30-32)19-5-4-6-20(15-19)28-26(36)18-7-9-21(10-8-18)37-14-13-31-11-2-1-3-12-31;1-2(3)4/h4-10,15-16,23-25,27,33-35H,1-3,11-14,17H2,(H,28,36);1H3,(H,3,4)/t23-,24+,25-,27-;/m1./s1. The number of ether oxygens (including phenoxy) is 2. The average molecular weight is 584 g/mol. The number of carboxylic acid groups (broad SMARTS) is 1. The summed E-state index contributed by atoms with van der Waals surface area (Å²) in [6, 6.07) is 14.2. The molecule has 2 aromatic carbocycles. The van der Waals surface area contributed by atoms with Crippen molar-refractivity contribution in [3.63, 3.8) is 0 Å². The Bertz CT molecular complexity index is 1310. The summed E-state index contributed by atoms with van der Waals surface area (Å²) in [6.07, 6.45) is 0.541. The van der Waals surface area contributed by atoms with E-state index in [-0.39, 0.29) is 12.5 Å². The van der Waals surface area contributed by atoms with Crippen LogP contribution in [0.25, 0.3) is 11.3 Å². The second-order valence-corrected chi connectivity index (χ2v) is 10.2. The molecule has 13 heteroatoms. The van der Waals surface area contributed by atoms with Crippen LogP contribution < -0.4 is 10.1 Å². The first-order chi connectivity index (χ1) is 20.2. The van der Waals surface area contributed by atoms with Crippen molar-refractivity contribution in [2.45, 2.75) is 50.7 Å². The summed E-state index contributed by atoms with van der Waals surface area (Å²) in [5.41, 5.74) is 2.27. The highest BCUT2D eigenvalue weighted by Gasteiger charge is 2.39. The van der Waals surface area contributed by atoms with Crippen LogP contribution in [-0.4, -0.2) is 103 Å². The zero-order valence-corrected chi connectivity index (χ0v) is 23.4. The minimum atomic E-state index is -1.36. The van der Waals surface area contributed by atoms with E-state index in [0.29, 0.717) is 29.1 Å². The van der Waals surface area contributed by atoms with Crippen LogP contribution in [0.5, 0.6) is 5.75 Å². The third-order valence-corrected chi connectivity index (χ3v) is 6.90. The number of aliphatic hydroxyl groups is 3. The number of carboxylic acids is 1. The average Bonchev–Trinajstić information content (AvgIpc) is 3.47. The van der Waals surface area contributed by atoms with Crippen molar-refractivity contribution in [1.29, 1.82) is 0 Å². The van der Waals surface area contributed by atoms with Gasteiger partial charge in [0.05, 0.1) is 12.8 Å². The molecule has 2 saturated heterocycles. The fraction of sp³-hybridized carbons (Fsp3) is 0.448. The molecule has 2 aliphatic heterocycles. The van der Waals surface area contributed by atoms with E-state index < -0.39 is 30.5 Å². The molecule has 0 saturated carbocycles. The summed E-state index contributed by atoms with van der Waals surface area (Å²) in [5.74, 6) is -0.352. The van der Waals surface area contributed by atoms with E-state index in [0.717, 1.165) is 32.3 Å². The SMILES string of the molecule is CC(=O)O.O=C(Nc1cccc(-c2cn([C@@H]3OC[C@@H](O)[C@H](O)[C@H]3O)nn2)c1)c1ccc(OCCN2CCCCC2)cc1. The number of aromatic nitrogens is 3. The molecule has 0 radical (unpaired) electrons. The van der Waals surface area contributed by atoms with E-state index in [9.17, 15) is 20.1 Å². The molecule has 0 unspecified atom stereocenters. The van der Waals surface area contributed by atoms with E-state index in [1.54, 1.807) is 48.7 Å². The number of nitrogens with one attached hydrogen (secondary N) is 1. The zero-order chi connectivity index (χ0) is 30.1. The lowest BCUT2D eigenvalue weighted by Gasteiger charge is -2.34. The second-order valence-electron chi connectivity index (χ2n) is 10.2. The molecule has 1 amide bonds. The number of benzene rings is 2. The number of carbonyl (C=O) groups is 2. The van der Waals surface area contributed by atoms with E-state index in [1.807, 2.05) is 6.07 Å². The first kappa shape index (κ1) is 31.1. The Morgan fingerprint density at radius 3 is 2.48 bits per heavy atom. The molecule has 1 aromatic heterocycles. The van der Waals surface area contributed by atoms with Gasteiger partial charge in [-0.1, -0.05) is 23.8 Å². The number of nitrogens with zero attached hydrogens (tertiary/aromatic N) is 4. The van der Waals surface area contributed by atoms with Crippen molar-refractivity contribution < 1.29 is 39.5 Å². The van der Waals surface area contributed by atoms with Crippen LogP contribution in [0.3, 0.4) is 0 Å². The van der Waals surface area contributed by atoms with Crippen molar-refractivity contribution in [3.05, 3.63) is 60.3 Å². The second kappa shape index (κ2) is 14.8. The fourth-order valence-corrected chi connectivity index (χ4v) is 4.69. The summed E-state index contributed by atoms with van der Waals surface area (Å²) in [5, 5.41) is 48.3. The van der Waals surface area contributed by atoms with Crippen molar-refractivity contribution in [1.82, 2.24) is 19.9 Å². The molecule has 2 aliphatic rings. The summed E-state index contributed by atoms with van der Waals surface area (Å²) < 4.78 is 12.6. The summed E-state index contributed by atoms with van der Waals surface area (Å²) in [4.78, 5) is 24.2. The summed E-state index contributed by atoms with van der Waals surface area (Å²) in [6.45, 7) is 4.75. The van der Waals surface area contributed by atoms with Crippen LogP contribution >= 0.6 is 0 Å². The van der Waals surface area contributed by atoms with E-state index in [1.165, 1.54) is 23.9 Å². The van der Waals surface area contributed by atoms with Gasteiger partial charge in [-0.15, -0.1) is 5.10 Å². The molecule has 42 heavy (non-hydrogen) atoms. The molecule has 226 valence electrons. The van der Waals surface area contributed by atoms with Crippen molar-refractivity contribution in [3.8, 4) is 17.0 Å². The number of piperidine rings is 1. The van der Waals surface area contributed by atoms with Crippen LogP contribution in [0, 0.1) is 0 Å². The number of likely N-dealkylation sites (tertiary alicyclic amines) is 1. The van der Waals surface area contributed by atoms with Gasteiger partial charge in [0.25, 0.3) is 11.9 Å². The minimum Gasteiger partial charge on any atom is -0.492 e. The summed E-state index contributed by atoms with van der Waals surface area (Å²) >= 11 is 0. The highest BCUT2D eigenvalue weighted by Crippen LogP contribution is 2.26. The van der Waals surface area contributed by atoms with Gasteiger partial charge in [-0.3, -0.25) is 14.5 Å². The van der Waals surface area contributed by atoms with Crippen LogP contribution in [0.15, 0.2) is 54.7 Å². The van der Waals surface area contributed by atoms with E-state index in [2.05, 4.69) is 20.5 Å². The van der Waals surface area contributed by atoms with Gasteiger partial charge in [0, 0.05) is 30.3 Å². The molecule has 5 rings (SSSR count). The molecule has 0 bridgehead atoms. The van der Waals surface area contributed by atoms with Gasteiger partial charge in [-0.2, -0.15) is 0 Å². The topological polar surface area (TPSA) is 179 Å². The first-order valence-electron chi connectivity index (χ1n) is 13.9. The van der Waals surface area contributed by atoms with Gasteiger partial charge in [-0.25, -0.2) is 4.68 Å². The first-order valence-corrected chi connectivity index (χ1v) is 13.9. The molecule has 5 N–H and O–H groups in total. The zero-order valence-electron chi connectivity index (χ0n) is 23.4. The van der Waals surface area contributed by atoms with Crippen LogP contribution in [0.1, 0.15) is 42.8 Å². The molecule has 3 heterocycles. The van der Waals surface area contributed by atoms with Crippen molar-refractivity contribution in [2.75, 3.05) is 38.2 Å². The maximum Gasteiger partial charge on any atom is 0.300 e. The molecule has 3 aromatic rings. The third-order valence-electron chi connectivity index (χ3n) is 6.90. The lowest BCUT2D eigenvalue weighted by Crippen LogP contribution is -2.50. The lowest BCUT2D eigenvalue weighted by atomic mass is 10.0. The van der Waals surface area contributed by atoms with Crippen LogP contribution in [-0.2, 0) is 9.53 Å². The maximum atomic E-state index is 12.8. The smallest absolute Gasteiger partial charge is 0.300 e. The molecule has 0 spiro atoms. The lowest BCUT2D eigenvalue weighted by molar-refractivity contribution is -0.214. The van der Waals surface area contributed by atoms with Gasteiger partial charge in [-0.05, 0) is 62.3 Å². The number of aliphatic carboxylic acids is 1. The van der Waals surface area contributed by atoms with Gasteiger partial charge >= 0.3 is 0 Å². The summed E-state index contributed by atoms with van der Waals surface area (Å²) in [7, 11) is 0. The highest BCUT2D eigenvalue weighted by molar-refractivity contribution is 6.04. The molecule has 0 aliphatic carbocycles. The third kappa shape index (κ3) is 8.57. The highest BCUT2D eigenvalue weighted by atomic mass is 16.5. The Morgan fingerprint density at radius 1 is 1.05 bits per heavy atom. The molecule has 2 fully saturated rings. The van der Waals surface area contributed by atoms with E-state index >= 15 is 0 Å². The Balaban J connectivity index is 0.000000952. The Morgan fingerprint density at radius 2 is 1.76 bits per heavy atom. The maximum absolute atomic E-state index is 12.8. The van der Waals surface area contributed by atoms with Crippen molar-refractivity contribution in [2.24, 2.45) is 0 Å². The van der Waals surface area contributed by atoms with Crippen LogP contribution in [0.4, 0.5) is 5.69 Å². The Kier molecular flexibility index (Phi) is 11.0. The molecular formula is C29H37N5O8. The Hall–Kier alpha value is -3.88. The molecule has 13 nitrogen and oxygen atoms in total. The number of aliphatic hydroxyl groups excluding tert-OH is 3. The van der Waals surface area contributed by atoms with Crippen LogP contribution in [0.2, 0.25) is 0 Å². The molecule has 4 atom stereocenters. The number of anilines is 1. The normalized spacial score (nSPS) is 22.5. The van der Waals surface area contributed by atoms with E-state index in [4.69, 9.17) is 19.4 Å². The quantitative estimate of drug-likeness (QED) is 0.261. The predicted octanol–water partition coefficient (Wildman–Crippen LogP) is 1.76. The predicted molar refractivity (Wildman–Crippen MR) is 152 cm³/mol. The number of hydrogen-bond acceptors (Lipinski definition) is 10.